The molecule has 1 rings (SSSR count). The van der Waals surface area contributed by atoms with Gasteiger partial charge in [-0.05, 0) is 32.0 Å². The monoisotopic (exact) mass is 180 g/mol. The molecule has 1 aromatic heterocycles. The van der Waals surface area contributed by atoms with Crippen molar-refractivity contribution in [3.63, 3.8) is 0 Å². The van der Waals surface area contributed by atoms with Crippen LogP contribution in [0.3, 0.4) is 0 Å². The van der Waals surface area contributed by atoms with Crippen LogP contribution in [-0.4, -0.2) is 11.1 Å². The Morgan fingerprint density at radius 2 is 2.23 bits per heavy atom. The lowest BCUT2D eigenvalue weighted by Gasteiger charge is -2.15. The molecule has 0 saturated carbocycles. The molecule has 0 spiro atoms. The molecule has 2 heteroatoms. The van der Waals surface area contributed by atoms with Crippen molar-refractivity contribution in [2.45, 2.75) is 39.8 Å². The Morgan fingerprint density at radius 1 is 1.46 bits per heavy atom. The molecule has 1 N–H and O–H groups in total. The molecule has 0 bridgehead atoms. The van der Waals surface area contributed by atoms with Gasteiger partial charge in [0.25, 0.3) is 0 Å². The third kappa shape index (κ3) is 2.59. The van der Waals surface area contributed by atoms with Crippen LogP contribution in [0.4, 0.5) is 0 Å². The lowest BCUT2D eigenvalue weighted by atomic mass is 10.2. The van der Waals surface area contributed by atoms with Gasteiger partial charge in [0.1, 0.15) is 0 Å². The van der Waals surface area contributed by atoms with E-state index < -0.39 is 0 Å². The molecule has 0 aliphatic carbocycles. The highest BCUT2D eigenvalue weighted by Crippen LogP contribution is 2.14. The number of hydrogen-bond acceptors (Lipinski definition) is 1. The van der Waals surface area contributed by atoms with Crippen molar-refractivity contribution in [2.24, 2.45) is 0 Å². The Bertz CT molecular complexity index is 240. The fourth-order valence-electron chi connectivity index (χ4n) is 1.46. The highest BCUT2D eigenvalue weighted by Gasteiger charge is 2.04. The van der Waals surface area contributed by atoms with Gasteiger partial charge in [-0.1, -0.05) is 13.8 Å². The van der Waals surface area contributed by atoms with Crippen LogP contribution in [0.5, 0.6) is 0 Å². The molecule has 0 radical (unpaired) electrons. The van der Waals surface area contributed by atoms with E-state index in [4.69, 9.17) is 0 Å². The molecule has 74 valence electrons. The number of nitrogens with zero attached hydrogens (tertiary/aromatic N) is 1. The van der Waals surface area contributed by atoms with Gasteiger partial charge in [-0.2, -0.15) is 0 Å². The van der Waals surface area contributed by atoms with Crippen LogP contribution in [0.25, 0.3) is 0 Å². The summed E-state index contributed by atoms with van der Waals surface area (Å²) in [6.07, 6.45) is 3.36. The molecule has 2 nitrogen and oxygen atoms in total. The van der Waals surface area contributed by atoms with Crippen molar-refractivity contribution < 1.29 is 0 Å². The van der Waals surface area contributed by atoms with Crippen molar-refractivity contribution in [3.05, 3.63) is 24.0 Å². The first kappa shape index (κ1) is 10.3. The summed E-state index contributed by atoms with van der Waals surface area (Å²) >= 11 is 0. The van der Waals surface area contributed by atoms with Gasteiger partial charge in [0, 0.05) is 24.5 Å². The highest BCUT2D eigenvalue weighted by atomic mass is 15.0. The first-order chi connectivity index (χ1) is 6.29. The van der Waals surface area contributed by atoms with E-state index in [1.54, 1.807) is 0 Å². The van der Waals surface area contributed by atoms with Gasteiger partial charge >= 0.3 is 0 Å². The maximum absolute atomic E-state index is 3.35. The molecular formula is C11H20N2. The summed E-state index contributed by atoms with van der Waals surface area (Å²) in [5.74, 6) is 0. The van der Waals surface area contributed by atoms with E-state index in [0.29, 0.717) is 6.04 Å². The number of rotatable bonds is 5. The molecule has 1 aromatic rings. The summed E-state index contributed by atoms with van der Waals surface area (Å²) < 4.78 is 2.35. The van der Waals surface area contributed by atoms with Gasteiger partial charge in [0.05, 0.1) is 0 Å². The summed E-state index contributed by atoms with van der Waals surface area (Å²) in [6.45, 7) is 8.63. The third-order valence-corrected chi connectivity index (χ3v) is 2.49. The molecule has 0 aliphatic rings. The standard InChI is InChI=1S/C11H20N2/c1-4-10(3)13-8-6-7-11(13)9-12-5-2/h6-8,10,12H,4-5,9H2,1-3H3/t10-/m0/s1. The van der Waals surface area contributed by atoms with E-state index in [1.165, 1.54) is 12.1 Å². The maximum Gasteiger partial charge on any atom is 0.0359 e. The summed E-state index contributed by atoms with van der Waals surface area (Å²) in [5, 5.41) is 3.35. The first-order valence-electron chi connectivity index (χ1n) is 5.16. The summed E-state index contributed by atoms with van der Waals surface area (Å²) in [5.41, 5.74) is 1.39. The van der Waals surface area contributed by atoms with E-state index >= 15 is 0 Å². The summed E-state index contributed by atoms with van der Waals surface area (Å²) in [4.78, 5) is 0. The van der Waals surface area contributed by atoms with Crippen molar-refractivity contribution in [3.8, 4) is 0 Å². The fourth-order valence-corrected chi connectivity index (χ4v) is 1.46. The van der Waals surface area contributed by atoms with Gasteiger partial charge in [-0.15, -0.1) is 0 Å². The van der Waals surface area contributed by atoms with Crippen molar-refractivity contribution >= 4 is 0 Å². The molecular weight excluding hydrogens is 160 g/mol. The van der Waals surface area contributed by atoms with Gasteiger partial charge < -0.3 is 9.88 Å². The molecule has 0 aromatic carbocycles. The predicted molar refractivity (Wildman–Crippen MR) is 56.8 cm³/mol. The second kappa shape index (κ2) is 5.07. The van der Waals surface area contributed by atoms with Crippen LogP contribution >= 0.6 is 0 Å². The first-order valence-corrected chi connectivity index (χ1v) is 5.16. The van der Waals surface area contributed by atoms with Gasteiger partial charge in [-0.25, -0.2) is 0 Å². The summed E-state index contributed by atoms with van der Waals surface area (Å²) in [6, 6.07) is 4.93. The Kier molecular flexibility index (Phi) is 4.03. The van der Waals surface area contributed by atoms with Crippen LogP contribution in [0.2, 0.25) is 0 Å². The Hall–Kier alpha value is -0.760. The zero-order valence-electron chi connectivity index (χ0n) is 8.88. The number of hydrogen-bond donors (Lipinski definition) is 1. The van der Waals surface area contributed by atoms with Crippen LogP contribution in [0.15, 0.2) is 18.3 Å². The largest absolute Gasteiger partial charge is 0.347 e. The van der Waals surface area contributed by atoms with E-state index in [-0.39, 0.29) is 0 Å². The average Bonchev–Trinajstić information content (AvgIpc) is 2.61. The number of nitrogens with one attached hydrogen (secondary N) is 1. The van der Waals surface area contributed by atoms with Crippen molar-refractivity contribution in [1.82, 2.24) is 9.88 Å². The molecule has 1 atom stereocenters. The van der Waals surface area contributed by atoms with E-state index in [1.807, 2.05) is 0 Å². The fraction of sp³-hybridized carbons (Fsp3) is 0.636. The van der Waals surface area contributed by atoms with E-state index in [9.17, 15) is 0 Å². The molecule has 0 aliphatic heterocycles. The van der Waals surface area contributed by atoms with Crippen LogP contribution in [-0.2, 0) is 6.54 Å². The topological polar surface area (TPSA) is 17.0 Å². The Balaban J connectivity index is 2.65. The average molecular weight is 180 g/mol. The lowest BCUT2D eigenvalue weighted by Crippen LogP contribution is -2.16. The van der Waals surface area contributed by atoms with Crippen molar-refractivity contribution in [2.75, 3.05) is 6.54 Å². The quantitative estimate of drug-likeness (QED) is 0.737. The van der Waals surface area contributed by atoms with E-state index in [2.05, 4.69) is 49.0 Å². The Labute approximate surface area is 81.0 Å². The van der Waals surface area contributed by atoms with Crippen LogP contribution < -0.4 is 5.32 Å². The predicted octanol–water partition coefficient (Wildman–Crippen LogP) is 2.57. The SMILES string of the molecule is CCNCc1cccn1[C@@H](C)CC. The van der Waals surface area contributed by atoms with Crippen LogP contribution in [0, 0.1) is 0 Å². The molecule has 0 fully saturated rings. The molecule has 0 unspecified atom stereocenters. The minimum atomic E-state index is 0.614. The zero-order valence-corrected chi connectivity index (χ0v) is 8.88. The summed E-state index contributed by atoms with van der Waals surface area (Å²) in [7, 11) is 0. The zero-order chi connectivity index (χ0) is 9.68. The molecule has 0 amide bonds. The minimum Gasteiger partial charge on any atom is -0.347 e. The second-order valence-electron chi connectivity index (χ2n) is 3.44. The minimum absolute atomic E-state index is 0.614. The Morgan fingerprint density at radius 3 is 2.85 bits per heavy atom. The third-order valence-electron chi connectivity index (χ3n) is 2.49. The highest BCUT2D eigenvalue weighted by molar-refractivity contribution is 5.08. The molecule has 1 heterocycles. The van der Waals surface area contributed by atoms with Gasteiger partial charge in [0.2, 0.25) is 0 Å². The molecule has 13 heavy (non-hydrogen) atoms. The van der Waals surface area contributed by atoms with Gasteiger partial charge in [0.15, 0.2) is 0 Å². The molecule has 0 saturated heterocycles. The maximum atomic E-state index is 3.35. The van der Waals surface area contributed by atoms with Crippen molar-refractivity contribution in [1.29, 1.82) is 0 Å². The lowest BCUT2D eigenvalue weighted by molar-refractivity contribution is 0.504. The normalized spacial score (nSPS) is 13.2. The number of aromatic nitrogens is 1. The van der Waals surface area contributed by atoms with E-state index in [0.717, 1.165) is 13.1 Å². The van der Waals surface area contributed by atoms with Gasteiger partial charge in [-0.3, -0.25) is 0 Å². The second-order valence-corrected chi connectivity index (χ2v) is 3.44. The van der Waals surface area contributed by atoms with Crippen LogP contribution in [0.1, 0.15) is 38.9 Å². The smallest absolute Gasteiger partial charge is 0.0359 e.